The van der Waals surface area contributed by atoms with E-state index in [0.29, 0.717) is 17.0 Å². The van der Waals surface area contributed by atoms with Crippen LogP contribution in [0.15, 0.2) is 18.2 Å². The van der Waals surface area contributed by atoms with Gasteiger partial charge >= 0.3 is 0 Å². The molecular formula is C16H25N3O2. The normalized spacial score (nSPS) is 16.4. The lowest BCUT2D eigenvalue weighted by Gasteiger charge is -2.49. The summed E-state index contributed by atoms with van der Waals surface area (Å²) in [5.41, 5.74) is 7.04. The number of benzene rings is 1. The Morgan fingerprint density at radius 3 is 2.48 bits per heavy atom. The summed E-state index contributed by atoms with van der Waals surface area (Å²) in [6, 6.07) is 5.18. The summed E-state index contributed by atoms with van der Waals surface area (Å²) < 4.78 is 5.18. The molecule has 0 atom stereocenters. The largest absolute Gasteiger partial charge is 0.497 e. The number of rotatable bonds is 5. The molecule has 0 saturated heterocycles. The molecule has 0 bridgehead atoms. The monoisotopic (exact) mass is 291 g/mol. The number of methoxy groups -OCH3 is 1. The number of anilines is 1. The maximum absolute atomic E-state index is 12.6. The van der Waals surface area contributed by atoms with Gasteiger partial charge in [-0.15, -0.1) is 0 Å². The van der Waals surface area contributed by atoms with Gasteiger partial charge in [-0.3, -0.25) is 4.79 Å². The zero-order valence-corrected chi connectivity index (χ0v) is 13.3. The summed E-state index contributed by atoms with van der Waals surface area (Å²) >= 11 is 0. The molecule has 1 saturated carbocycles. The number of nitrogens with zero attached hydrogens (tertiary/aromatic N) is 2. The molecule has 1 aliphatic rings. The van der Waals surface area contributed by atoms with E-state index in [-0.39, 0.29) is 11.4 Å². The van der Waals surface area contributed by atoms with E-state index in [9.17, 15) is 4.79 Å². The number of ether oxygens (including phenoxy) is 1. The van der Waals surface area contributed by atoms with E-state index >= 15 is 0 Å². The highest BCUT2D eigenvalue weighted by molar-refractivity contribution is 5.99. The summed E-state index contributed by atoms with van der Waals surface area (Å²) in [5.74, 6) is 0.589. The minimum absolute atomic E-state index is 0.0560. The second kappa shape index (κ2) is 5.93. The molecule has 0 aliphatic heterocycles. The van der Waals surface area contributed by atoms with Gasteiger partial charge in [-0.25, -0.2) is 0 Å². The standard InChI is InChI=1S/C16H25N3O2/c1-18(2)16(8-5-9-16)11-19(3)15(20)13-10-12(21-4)6-7-14(13)17/h6-7,10H,5,8-9,11,17H2,1-4H3. The van der Waals surface area contributed by atoms with Crippen molar-refractivity contribution < 1.29 is 9.53 Å². The quantitative estimate of drug-likeness (QED) is 0.841. The number of hydrogen-bond acceptors (Lipinski definition) is 4. The number of carbonyl (C=O) groups is 1. The fourth-order valence-electron chi connectivity index (χ4n) is 2.90. The van der Waals surface area contributed by atoms with Crippen LogP contribution in [0.3, 0.4) is 0 Å². The van der Waals surface area contributed by atoms with Gasteiger partial charge in [0, 0.05) is 24.8 Å². The number of hydrogen-bond donors (Lipinski definition) is 1. The SMILES string of the molecule is COc1ccc(N)c(C(=O)N(C)CC2(N(C)C)CCC2)c1. The second-order valence-corrected chi connectivity index (χ2v) is 6.09. The highest BCUT2D eigenvalue weighted by atomic mass is 16.5. The predicted molar refractivity (Wildman–Crippen MR) is 84.6 cm³/mol. The Morgan fingerprint density at radius 1 is 1.33 bits per heavy atom. The van der Waals surface area contributed by atoms with Crippen molar-refractivity contribution in [3.63, 3.8) is 0 Å². The van der Waals surface area contributed by atoms with E-state index in [1.807, 2.05) is 7.05 Å². The molecule has 1 aromatic carbocycles. The molecule has 5 heteroatoms. The molecule has 21 heavy (non-hydrogen) atoms. The van der Waals surface area contributed by atoms with E-state index in [4.69, 9.17) is 10.5 Å². The zero-order valence-electron chi connectivity index (χ0n) is 13.3. The number of amides is 1. The first-order chi connectivity index (χ1) is 9.89. The molecule has 0 heterocycles. The third-order valence-corrected chi connectivity index (χ3v) is 4.60. The van der Waals surface area contributed by atoms with E-state index < -0.39 is 0 Å². The van der Waals surface area contributed by atoms with Crippen LogP contribution < -0.4 is 10.5 Å². The van der Waals surface area contributed by atoms with Crippen molar-refractivity contribution in [3.8, 4) is 5.75 Å². The topological polar surface area (TPSA) is 58.8 Å². The lowest BCUT2D eigenvalue weighted by atomic mass is 9.75. The Labute approximate surface area is 126 Å². The number of nitrogens with two attached hydrogens (primary N) is 1. The molecule has 1 aliphatic carbocycles. The van der Waals surface area contributed by atoms with Gasteiger partial charge in [0.05, 0.1) is 12.7 Å². The number of carbonyl (C=O) groups excluding carboxylic acids is 1. The molecule has 0 aromatic heterocycles. The third-order valence-electron chi connectivity index (χ3n) is 4.60. The third kappa shape index (κ3) is 2.97. The van der Waals surface area contributed by atoms with Crippen molar-refractivity contribution in [1.82, 2.24) is 9.80 Å². The van der Waals surface area contributed by atoms with Gasteiger partial charge in [-0.05, 0) is 51.6 Å². The summed E-state index contributed by atoms with van der Waals surface area (Å²) in [7, 11) is 7.58. The van der Waals surface area contributed by atoms with Gasteiger partial charge < -0.3 is 20.3 Å². The molecule has 2 rings (SSSR count). The van der Waals surface area contributed by atoms with Crippen LogP contribution >= 0.6 is 0 Å². The molecule has 1 fully saturated rings. The van der Waals surface area contributed by atoms with Crippen LogP contribution in [-0.2, 0) is 0 Å². The van der Waals surface area contributed by atoms with Gasteiger partial charge in [-0.1, -0.05) is 0 Å². The fraction of sp³-hybridized carbons (Fsp3) is 0.562. The van der Waals surface area contributed by atoms with E-state index in [1.54, 1.807) is 30.2 Å². The molecule has 116 valence electrons. The van der Waals surface area contributed by atoms with Crippen molar-refractivity contribution in [2.45, 2.75) is 24.8 Å². The lowest BCUT2D eigenvalue weighted by molar-refractivity contribution is 0.0253. The Morgan fingerprint density at radius 2 is 2.00 bits per heavy atom. The van der Waals surface area contributed by atoms with Crippen molar-refractivity contribution >= 4 is 11.6 Å². The molecule has 0 radical (unpaired) electrons. The van der Waals surface area contributed by atoms with Crippen molar-refractivity contribution in [2.24, 2.45) is 0 Å². The minimum Gasteiger partial charge on any atom is -0.497 e. The van der Waals surface area contributed by atoms with Gasteiger partial charge in [0.15, 0.2) is 0 Å². The average Bonchev–Trinajstić information content (AvgIpc) is 2.42. The first-order valence-electron chi connectivity index (χ1n) is 7.26. The minimum atomic E-state index is -0.0560. The zero-order chi connectivity index (χ0) is 15.6. The van der Waals surface area contributed by atoms with Crippen molar-refractivity contribution in [3.05, 3.63) is 23.8 Å². The maximum Gasteiger partial charge on any atom is 0.255 e. The van der Waals surface area contributed by atoms with Crippen molar-refractivity contribution in [1.29, 1.82) is 0 Å². The number of nitrogen functional groups attached to an aromatic ring is 1. The van der Waals surface area contributed by atoms with Crippen LogP contribution in [0.25, 0.3) is 0 Å². The molecule has 0 spiro atoms. The highest BCUT2D eigenvalue weighted by Gasteiger charge is 2.40. The van der Waals surface area contributed by atoms with Crippen LogP contribution in [0, 0.1) is 0 Å². The van der Waals surface area contributed by atoms with Crippen LogP contribution in [-0.4, -0.2) is 56.0 Å². The second-order valence-electron chi connectivity index (χ2n) is 6.09. The van der Waals surface area contributed by atoms with Crippen LogP contribution in [0.2, 0.25) is 0 Å². The van der Waals surface area contributed by atoms with Crippen LogP contribution in [0.5, 0.6) is 5.75 Å². The van der Waals surface area contributed by atoms with Crippen molar-refractivity contribution in [2.75, 3.05) is 40.5 Å². The summed E-state index contributed by atoms with van der Waals surface area (Å²) in [6.07, 6.45) is 3.48. The Bertz CT molecular complexity index is 524. The van der Waals surface area contributed by atoms with Crippen LogP contribution in [0.1, 0.15) is 29.6 Å². The maximum atomic E-state index is 12.6. The Kier molecular flexibility index (Phi) is 4.42. The summed E-state index contributed by atoms with van der Waals surface area (Å²) in [5, 5.41) is 0. The molecular weight excluding hydrogens is 266 g/mol. The molecule has 2 N–H and O–H groups in total. The summed E-state index contributed by atoms with van der Waals surface area (Å²) in [4.78, 5) is 16.6. The molecule has 1 amide bonds. The van der Waals surface area contributed by atoms with E-state index in [2.05, 4.69) is 19.0 Å². The van der Waals surface area contributed by atoms with Gasteiger partial charge in [0.25, 0.3) is 5.91 Å². The first-order valence-corrected chi connectivity index (χ1v) is 7.26. The smallest absolute Gasteiger partial charge is 0.255 e. The fourth-order valence-corrected chi connectivity index (χ4v) is 2.90. The van der Waals surface area contributed by atoms with Gasteiger partial charge in [0.1, 0.15) is 5.75 Å². The lowest BCUT2D eigenvalue weighted by Crippen LogP contribution is -2.57. The highest BCUT2D eigenvalue weighted by Crippen LogP contribution is 2.37. The Hall–Kier alpha value is -1.75. The van der Waals surface area contributed by atoms with Gasteiger partial charge in [-0.2, -0.15) is 0 Å². The summed E-state index contributed by atoms with van der Waals surface area (Å²) in [6.45, 7) is 0.718. The average molecular weight is 291 g/mol. The molecule has 1 aromatic rings. The predicted octanol–water partition coefficient (Wildman–Crippen LogP) is 1.83. The number of likely N-dealkylation sites (N-methyl/N-ethyl adjacent to an activating group) is 2. The first kappa shape index (κ1) is 15.6. The Balaban J connectivity index is 2.16. The van der Waals surface area contributed by atoms with Crippen LogP contribution in [0.4, 0.5) is 5.69 Å². The molecule has 0 unspecified atom stereocenters. The van der Waals surface area contributed by atoms with Gasteiger partial charge in [0.2, 0.25) is 0 Å². The van der Waals surface area contributed by atoms with E-state index in [0.717, 1.165) is 19.4 Å². The van der Waals surface area contributed by atoms with E-state index in [1.165, 1.54) is 6.42 Å². The molecule has 5 nitrogen and oxygen atoms in total.